The van der Waals surface area contributed by atoms with Gasteiger partial charge in [0.2, 0.25) is 0 Å². The third-order valence-electron chi connectivity index (χ3n) is 5.61. The van der Waals surface area contributed by atoms with Crippen molar-refractivity contribution in [3.63, 3.8) is 0 Å². The average Bonchev–Trinajstić information content (AvgIpc) is 3.31. The van der Waals surface area contributed by atoms with Crippen molar-refractivity contribution >= 4 is 18.9 Å². The van der Waals surface area contributed by atoms with E-state index in [4.69, 9.17) is 13.8 Å². The Hall–Kier alpha value is -1.28. The molecule has 7 nitrogen and oxygen atoms in total. The van der Waals surface area contributed by atoms with Crippen molar-refractivity contribution in [2.24, 2.45) is 0 Å². The highest BCUT2D eigenvalue weighted by molar-refractivity contribution is 7.53. The van der Waals surface area contributed by atoms with E-state index in [1.807, 2.05) is 11.6 Å². The molecule has 0 atom stereocenters. The van der Waals surface area contributed by atoms with Crippen LogP contribution in [0.1, 0.15) is 29.9 Å². The van der Waals surface area contributed by atoms with Gasteiger partial charge in [0.05, 0.1) is 24.4 Å². The number of fused-ring (bicyclic) bond motifs is 3. The second-order valence-corrected chi connectivity index (χ2v) is 10.6. The molecule has 2 aliphatic rings. The van der Waals surface area contributed by atoms with Crippen LogP contribution in [0.15, 0.2) is 17.6 Å². The van der Waals surface area contributed by atoms with Crippen LogP contribution in [0.2, 0.25) is 0 Å². The van der Waals surface area contributed by atoms with E-state index in [1.54, 1.807) is 25.2 Å². The van der Waals surface area contributed by atoms with Crippen LogP contribution in [0, 0.1) is 0 Å². The molecule has 2 aromatic rings. The summed E-state index contributed by atoms with van der Waals surface area (Å²) in [6.07, 6.45) is 0.780. The van der Waals surface area contributed by atoms with Gasteiger partial charge in [-0.2, -0.15) is 0 Å². The zero-order valence-electron chi connectivity index (χ0n) is 17.9. The lowest BCUT2D eigenvalue weighted by molar-refractivity contribution is 0.148. The van der Waals surface area contributed by atoms with Crippen LogP contribution in [0.4, 0.5) is 0 Å². The summed E-state index contributed by atoms with van der Waals surface area (Å²) in [6, 6.07) is 4.14. The second kappa shape index (κ2) is 9.47. The number of hydrogen-bond acceptors (Lipinski definition) is 8. The molecule has 1 aliphatic heterocycles. The number of benzene rings is 1. The lowest BCUT2D eigenvalue weighted by atomic mass is 10.0. The monoisotopic (exact) mass is 451 g/mol. The SMILES string of the molecule is CCOP(=O)(COc1ccc(CN2CCN(C)CC2)c2c1-c1ncsc1C2)OCC. The Bertz CT molecular complexity index is 917. The van der Waals surface area contributed by atoms with E-state index in [1.165, 1.54) is 16.0 Å². The molecule has 2 heterocycles. The van der Waals surface area contributed by atoms with Gasteiger partial charge in [0.1, 0.15) is 5.75 Å². The van der Waals surface area contributed by atoms with Gasteiger partial charge in [-0.25, -0.2) is 4.98 Å². The number of aromatic nitrogens is 1. The summed E-state index contributed by atoms with van der Waals surface area (Å²) in [4.78, 5) is 10.7. The maximum atomic E-state index is 12.8. The number of hydrogen-bond donors (Lipinski definition) is 0. The maximum Gasteiger partial charge on any atom is 0.367 e. The summed E-state index contributed by atoms with van der Waals surface area (Å²) < 4.78 is 29.6. The summed E-state index contributed by atoms with van der Waals surface area (Å²) in [6.45, 7) is 9.53. The van der Waals surface area contributed by atoms with Crippen molar-refractivity contribution in [1.82, 2.24) is 14.8 Å². The quantitative estimate of drug-likeness (QED) is 0.455. The first-order chi connectivity index (χ1) is 14.5. The molecule has 0 N–H and O–H groups in total. The summed E-state index contributed by atoms with van der Waals surface area (Å²) in [7, 11) is -1.10. The topological polar surface area (TPSA) is 64.1 Å². The molecule has 0 bridgehead atoms. The maximum absolute atomic E-state index is 12.8. The fourth-order valence-electron chi connectivity index (χ4n) is 4.06. The van der Waals surface area contributed by atoms with Crippen LogP contribution < -0.4 is 4.74 Å². The standard InChI is InChI=1S/C21H30N3O4PS/c1-4-27-29(25,28-5-2)15-26-18-7-6-16(13-24-10-8-23(3)9-11-24)17-12-19-21(20(17)18)22-14-30-19/h6-7,14H,4-5,8-13,15H2,1-3H3. The highest BCUT2D eigenvalue weighted by atomic mass is 32.1. The van der Waals surface area contributed by atoms with Crippen molar-refractivity contribution in [1.29, 1.82) is 0 Å². The Labute approximate surface area is 182 Å². The van der Waals surface area contributed by atoms with E-state index >= 15 is 0 Å². The smallest absolute Gasteiger partial charge is 0.367 e. The molecule has 0 spiro atoms. The van der Waals surface area contributed by atoms with Crippen molar-refractivity contribution < 1.29 is 18.3 Å². The van der Waals surface area contributed by atoms with Gasteiger partial charge < -0.3 is 18.7 Å². The molecule has 1 aromatic heterocycles. The molecule has 30 heavy (non-hydrogen) atoms. The molecule has 0 radical (unpaired) electrons. The van der Waals surface area contributed by atoms with E-state index in [-0.39, 0.29) is 6.35 Å². The number of piperazine rings is 1. The minimum absolute atomic E-state index is 0.0988. The van der Waals surface area contributed by atoms with E-state index in [9.17, 15) is 4.57 Å². The normalized spacial score (nSPS) is 17.2. The van der Waals surface area contributed by atoms with E-state index in [0.717, 1.165) is 50.4 Å². The Morgan fingerprint density at radius 2 is 1.87 bits per heavy atom. The molecule has 164 valence electrons. The van der Waals surface area contributed by atoms with Gasteiger partial charge in [-0.15, -0.1) is 11.3 Å². The molecule has 0 unspecified atom stereocenters. The van der Waals surface area contributed by atoms with Gasteiger partial charge in [-0.3, -0.25) is 9.46 Å². The summed E-state index contributed by atoms with van der Waals surface area (Å²) in [5.74, 6) is 0.705. The highest BCUT2D eigenvalue weighted by Crippen LogP contribution is 2.50. The summed E-state index contributed by atoms with van der Waals surface area (Å²) in [5.41, 5.74) is 6.52. The number of likely N-dealkylation sites (N-methyl/N-ethyl adjacent to an activating group) is 1. The van der Waals surface area contributed by atoms with Gasteiger partial charge in [0.15, 0.2) is 6.35 Å². The largest absolute Gasteiger partial charge is 0.480 e. The molecule has 0 amide bonds. The zero-order chi connectivity index (χ0) is 21.1. The molecule has 9 heteroatoms. The van der Waals surface area contributed by atoms with Gasteiger partial charge in [0.25, 0.3) is 0 Å². The molecule has 4 rings (SSSR count). The van der Waals surface area contributed by atoms with Crippen LogP contribution in [0.3, 0.4) is 0 Å². The Balaban J connectivity index is 1.58. The first-order valence-corrected chi connectivity index (χ1v) is 13.1. The third-order valence-corrected chi connectivity index (χ3v) is 8.19. The first-order valence-electron chi connectivity index (χ1n) is 10.5. The summed E-state index contributed by atoms with van der Waals surface area (Å²) in [5, 5.41) is 0. The van der Waals surface area contributed by atoms with E-state index < -0.39 is 7.60 Å². The summed E-state index contributed by atoms with van der Waals surface area (Å²) >= 11 is 1.68. The van der Waals surface area contributed by atoms with Crippen molar-refractivity contribution in [3.05, 3.63) is 33.6 Å². The van der Waals surface area contributed by atoms with Gasteiger partial charge in [-0.05, 0) is 38.1 Å². The van der Waals surface area contributed by atoms with Gasteiger partial charge in [0, 0.05) is 49.6 Å². The van der Waals surface area contributed by atoms with Gasteiger partial charge >= 0.3 is 7.60 Å². The van der Waals surface area contributed by atoms with Crippen LogP contribution in [-0.2, 0) is 26.6 Å². The molecular formula is C21H30N3O4PS. The number of nitrogens with zero attached hydrogens (tertiary/aromatic N) is 3. The lowest BCUT2D eigenvalue weighted by Crippen LogP contribution is -2.44. The molecular weight excluding hydrogens is 421 g/mol. The van der Waals surface area contributed by atoms with Gasteiger partial charge in [-0.1, -0.05) is 6.07 Å². The predicted octanol–water partition coefficient (Wildman–Crippen LogP) is 4.06. The molecule has 1 fully saturated rings. The predicted molar refractivity (Wildman–Crippen MR) is 119 cm³/mol. The molecule has 1 aliphatic carbocycles. The minimum Gasteiger partial charge on any atom is -0.480 e. The second-order valence-electron chi connectivity index (χ2n) is 7.68. The number of ether oxygens (including phenoxy) is 1. The number of rotatable bonds is 9. The Morgan fingerprint density at radius 3 is 2.57 bits per heavy atom. The van der Waals surface area contributed by atoms with Crippen LogP contribution in [0.5, 0.6) is 5.75 Å². The minimum atomic E-state index is -3.28. The fourth-order valence-corrected chi connectivity index (χ4v) is 6.15. The average molecular weight is 452 g/mol. The number of thiazole rings is 1. The molecule has 1 aromatic carbocycles. The third kappa shape index (κ3) is 4.64. The van der Waals surface area contributed by atoms with E-state index in [2.05, 4.69) is 27.9 Å². The fraction of sp³-hybridized carbons (Fsp3) is 0.571. The van der Waals surface area contributed by atoms with Crippen molar-refractivity contribution in [3.8, 4) is 17.0 Å². The Morgan fingerprint density at radius 1 is 1.13 bits per heavy atom. The zero-order valence-corrected chi connectivity index (χ0v) is 19.6. The van der Waals surface area contributed by atoms with Crippen molar-refractivity contribution in [2.75, 3.05) is 52.8 Å². The Kier molecular flexibility index (Phi) is 6.92. The van der Waals surface area contributed by atoms with E-state index in [0.29, 0.717) is 19.0 Å². The molecule has 1 saturated heterocycles. The highest BCUT2D eigenvalue weighted by Gasteiger charge is 2.31. The lowest BCUT2D eigenvalue weighted by Gasteiger charge is -2.32. The van der Waals surface area contributed by atoms with Crippen LogP contribution >= 0.6 is 18.9 Å². The van der Waals surface area contributed by atoms with Crippen molar-refractivity contribution in [2.45, 2.75) is 26.8 Å². The van der Waals surface area contributed by atoms with Crippen LogP contribution in [0.25, 0.3) is 11.3 Å². The first kappa shape index (κ1) is 21.9. The molecule has 0 saturated carbocycles. The van der Waals surface area contributed by atoms with Crippen LogP contribution in [-0.4, -0.2) is 67.6 Å².